The van der Waals surface area contributed by atoms with Crippen LogP contribution in [0.15, 0.2) is 113 Å². The van der Waals surface area contributed by atoms with Gasteiger partial charge in [-0.25, -0.2) is 4.68 Å². The van der Waals surface area contributed by atoms with Crippen LogP contribution >= 0.6 is 23.4 Å². The predicted molar refractivity (Wildman–Crippen MR) is 177 cm³/mol. The second-order valence-corrected chi connectivity index (χ2v) is 12.1. The quantitative estimate of drug-likeness (QED) is 0.161. The molecule has 1 aromatic heterocycles. The number of hydrogen-bond acceptors (Lipinski definition) is 6. The topological polar surface area (TPSA) is 81.1 Å². The molecule has 1 atom stereocenters. The van der Waals surface area contributed by atoms with Crippen molar-refractivity contribution in [1.82, 2.24) is 14.8 Å². The Hall–Kier alpha value is -4.53. The van der Waals surface area contributed by atoms with Crippen molar-refractivity contribution in [3.8, 4) is 5.75 Å². The molecule has 222 valence electrons. The average molecular weight is 622 g/mol. The van der Waals surface area contributed by atoms with Crippen LogP contribution < -0.4 is 15.4 Å². The zero-order valence-corrected chi connectivity index (χ0v) is 26.2. The number of halogens is 1. The molecule has 0 bridgehead atoms. The molecule has 0 saturated heterocycles. The highest BCUT2D eigenvalue weighted by Gasteiger charge is 2.35. The smallest absolute Gasteiger partial charge is 0.255 e. The summed E-state index contributed by atoms with van der Waals surface area (Å²) in [6.07, 6.45) is 0. The van der Waals surface area contributed by atoms with Gasteiger partial charge in [0, 0.05) is 22.2 Å². The van der Waals surface area contributed by atoms with Crippen molar-refractivity contribution in [1.29, 1.82) is 0 Å². The molecule has 0 radical (unpaired) electrons. The normalized spacial score (nSPS) is 14.1. The van der Waals surface area contributed by atoms with Crippen LogP contribution in [0.2, 0.25) is 5.02 Å². The van der Waals surface area contributed by atoms with Gasteiger partial charge in [0.2, 0.25) is 11.1 Å². The number of thioether (sulfide) groups is 1. The van der Waals surface area contributed by atoms with Crippen LogP contribution in [0.4, 0.5) is 11.6 Å². The Balaban J connectivity index is 1.33. The highest BCUT2D eigenvalue weighted by Crippen LogP contribution is 2.38. The molecule has 0 spiro atoms. The van der Waals surface area contributed by atoms with Crippen molar-refractivity contribution < 1.29 is 9.53 Å². The van der Waals surface area contributed by atoms with Gasteiger partial charge in [0.15, 0.2) is 0 Å². The van der Waals surface area contributed by atoms with Gasteiger partial charge in [0.05, 0.1) is 5.57 Å². The number of amides is 1. The summed E-state index contributed by atoms with van der Waals surface area (Å²) in [4.78, 5) is 18.8. The summed E-state index contributed by atoms with van der Waals surface area (Å²) in [7, 11) is 0. The fraction of sp³-hybridized carbons (Fsp3) is 0.171. The first-order chi connectivity index (χ1) is 21.3. The lowest BCUT2D eigenvalue weighted by atomic mass is 9.94. The molecule has 4 aromatic carbocycles. The number of benzene rings is 4. The third-order valence-corrected chi connectivity index (χ3v) is 8.57. The van der Waals surface area contributed by atoms with Crippen LogP contribution in [0.1, 0.15) is 40.8 Å². The molecule has 1 amide bonds. The highest BCUT2D eigenvalue weighted by atomic mass is 35.5. The molecule has 1 aliphatic heterocycles. The Bertz CT molecular complexity index is 1840. The summed E-state index contributed by atoms with van der Waals surface area (Å²) in [5.74, 6) is 1.79. The maximum atomic E-state index is 14.0. The number of rotatable bonds is 9. The predicted octanol–water partition coefficient (Wildman–Crippen LogP) is 8.35. The molecule has 5 aromatic rings. The Labute approximate surface area is 266 Å². The van der Waals surface area contributed by atoms with E-state index in [4.69, 9.17) is 26.4 Å². The molecule has 0 aliphatic carbocycles. The maximum Gasteiger partial charge on any atom is 0.255 e. The number of carbonyl (C=O) groups is 1. The molecule has 1 unspecified atom stereocenters. The van der Waals surface area contributed by atoms with E-state index in [1.165, 1.54) is 5.56 Å². The zero-order chi connectivity index (χ0) is 30.6. The SMILES string of the molecule is CC1=C(C(=O)Nc2ccc(C)cc2C)C(c2cccc(OCc3ccc(Cl)cc3)c2)n2nc(SCc3ccccc3)nc2N1. The summed E-state index contributed by atoms with van der Waals surface area (Å²) in [5, 5.41) is 12.7. The van der Waals surface area contributed by atoms with Crippen LogP contribution in [-0.4, -0.2) is 20.7 Å². The number of carbonyl (C=O) groups excluding carboxylic acids is 1. The Morgan fingerprint density at radius 3 is 2.52 bits per heavy atom. The molecule has 0 fully saturated rings. The Morgan fingerprint density at radius 1 is 0.955 bits per heavy atom. The van der Waals surface area contributed by atoms with Gasteiger partial charge in [-0.3, -0.25) is 4.79 Å². The molecule has 1 aliphatic rings. The zero-order valence-electron chi connectivity index (χ0n) is 24.7. The number of aryl methyl sites for hydroxylation is 2. The number of allylic oxidation sites excluding steroid dienone is 1. The average Bonchev–Trinajstić information content (AvgIpc) is 3.43. The van der Waals surface area contributed by atoms with Crippen molar-refractivity contribution in [3.05, 3.63) is 141 Å². The van der Waals surface area contributed by atoms with E-state index in [0.29, 0.717) is 39.8 Å². The van der Waals surface area contributed by atoms with Crippen molar-refractivity contribution in [2.45, 2.75) is 44.3 Å². The fourth-order valence-corrected chi connectivity index (χ4v) is 6.09. The molecule has 6 rings (SSSR count). The van der Waals surface area contributed by atoms with E-state index in [-0.39, 0.29) is 5.91 Å². The van der Waals surface area contributed by atoms with E-state index < -0.39 is 6.04 Å². The molecular formula is C35H32ClN5O2S. The standard InChI is InChI=1S/C35H32ClN5O2S/c1-22-12-17-30(23(2)18-22)38-33(42)31-24(3)37-34-39-35(44-21-26-8-5-4-6-9-26)40-41(34)32(31)27-10-7-11-29(19-27)43-20-25-13-15-28(36)16-14-25/h4-19,32H,20-21H2,1-3H3,(H,38,42)(H,37,39,40). The lowest BCUT2D eigenvalue weighted by Crippen LogP contribution is -2.31. The lowest BCUT2D eigenvalue weighted by Gasteiger charge is -2.29. The molecular weight excluding hydrogens is 590 g/mol. The number of hydrogen-bond donors (Lipinski definition) is 2. The molecule has 2 N–H and O–H groups in total. The maximum absolute atomic E-state index is 14.0. The van der Waals surface area contributed by atoms with Gasteiger partial charge < -0.3 is 15.4 Å². The first-order valence-electron chi connectivity index (χ1n) is 14.3. The van der Waals surface area contributed by atoms with Crippen molar-refractivity contribution >= 4 is 40.9 Å². The van der Waals surface area contributed by atoms with Gasteiger partial charge in [-0.15, -0.1) is 5.10 Å². The van der Waals surface area contributed by atoms with Crippen LogP contribution in [0.25, 0.3) is 0 Å². The number of nitrogens with one attached hydrogen (secondary N) is 2. The number of ether oxygens (including phenoxy) is 1. The van der Waals surface area contributed by atoms with E-state index >= 15 is 0 Å². The second-order valence-electron chi connectivity index (χ2n) is 10.8. The summed E-state index contributed by atoms with van der Waals surface area (Å²) in [6, 6.07) is 31.1. The number of aromatic nitrogens is 3. The minimum absolute atomic E-state index is 0.209. The third kappa shape index (κ3) is 6.67. The highest BCUT2D eigenvalue weighted by molar-refractivity contribution is 7.98. The summed E-state index contributed by atoms with van der Waals surface area (Å²) in [6.45, 7) is 6.32. The van der Waals surface area contributed by atoms with Gasteiger partial charge in [-0.1, -0.05) is 95.7 Å². The van der Waals surface area contributed by atoms with Gasteiger partial charge >= 0.3 is 0 Å². The number of anilines is 2. The van der Waals surface area contributed by atoms with Crippen LogP contribution in [0, 0.1) is 13.8 Å². The minimum atomic E-state index is -0.533. The van der Waals surface area contributed by atoms with E-state index in [9.17, 15) is 4.79 Å². The second kappa shape index (κ2) is 13.0. The fourth-order valence-electron chi connectivity index (χ4n) is 5.18. The van der Waals surface area contributed by atoms with E-state index in [0.717, 1.165) is 33.7 Å². The van der Waals surface area contributed by atoms with Crippen molar-refractivity contribution in [3.63, 3.8) is 0 Å². The summed E-state index contributed by atoms with van der Waals surface area (Å²) in [5.41, 5.74) is 7.21. The van der Waals surface area contributed by atoms with Gasteiger partial charge in [-0.05, 0) is 73.4 Å². The Kier molecular flexibility index (Phi) is 8.72. The van der Waals surface area contributed by atoms with E-state index in [1.807, 2.05) is 99.6 Å². The van der Waals surface area contributed by atoms with Crippen LogP contribution in [-0.2, 0) is 17.2 Å². The van der Waals surface area contributed by atoms with E-state index in [2.05, 4.69) is 28.8 Å². The first kappa shape index (κ1) is 29.5. The van der Waals surface area contributed by atoms with Crippen molar-refractivity contribution in [2.24, 2.45) is 0 Å². The van der Waals surface area contributed by atoms with Gasteiger partial charge in [0.1, 0.15) is 18.4 Å². The summed E-state index contributed by atoms with van der Waals surface area (Å²) < 4.78 is 7.97. The van der Waals surface area contributed by atoms with Gasteiger partial charge in [-0.2, -0.15) is 4.98 Å². The number of fused-ring (bicyclic) bond motifs is 1. The largest absolute Gasteiger partial charge is 0.489 e. The molecule has 9 heteroatoms. The first-order valence-corrected chi connectivity index (χ1v) is 15.7. The van der Waals surface area contributed by atoms with Gasteiger partial charge in [0.25, 0.3) is 5.91 Å². The number of nitrogens with zero attached hydrogens (tertiary/aromatic N) is 3. The molecule has 7 nitrogen and oxygen atoms in total. The van der Waals surface area contributed by atoms with Crippen LogP contribution in [0.3, 0.4) is 0 Å². The van der Waals surface area contributed by atoms with Crippen molar-refractivity contribution in [2.75, 3.05) is 10.6 Å². The summed E-state index contributed by atoms with van der Waals surface area (Å²) >= 11 is 7.60. The van der Waals surface area contributed by atoms with Crippen LogP contribution in [0.5, 0.6) is 5.75 Å². The lowest BCUT2D eigenvalue weighted by molar-refractivity contribution is -0.113. The minimum Gasteiger partial charge on any atom is -0.489 e. The Morgan fingerprint density at radius 2 is 1.75 bits per heavy atom. The molecule has 44 heavy (non-hydrogen) atoms. The third-order valence-electron chi connectivity index (χ3n) is 7.41. The van der Waals surface area contributed by atoms with E-state index in [1.54, 1.807) is 16.4 Å². The monoisotopic (exact) mass is 621 g/mol. The molecule has 2 heterocycles. The molecule has 0 saturated carbocycles.